The van der Waals surface area contributed by atoms with Gasteiger partial charge >= 0.3 is 0 Å². The van der Waals surface area contributed by atoms with Gasteiger partial charge in [0.25, 0.3) is 0 Å². The van der Waals surface area contributed by atoms with Crippen LogP contribution in [0.1, 0.15) is 51.2 Å². The van der Waals surface area contributed by atoms with Crippen molar-refractivity contribution in [2.24, 2.45) is 10.8 Å². The van der Waals surface area contributed by atoms with Gasteiger partial charge in [-0.05, 0) is 67.2 Å². The summed E-state index contributed by atoms with van der Waals surface area (Å²) >= 11 is 0. The van der Waals surface area contributed by atoms with Gasteiger partial charge in [-0.1, -0.05) is 26.8 Å². The van der Waals surface area contributed by atoms with Crippen LogP contribution in [0.5, 0.6) is 11.6 Å². The quantitative estimate of drug-likeness (QED) is 0.839. The Balaban J connectivity index is 1.65. The van der Waals surface area contributed by atoms with Crippen LogP contribution in [0.25, 0.3) is 0 Å². The molecular weight excluding hydrogens is 336 g/mol. The molecule has 2 N–H and O–H groups in total. The Morgan fingerprint density at radius 1 is 1.07 bits per heavy atom. The highest BCUT2D eigenvalue weighted by atomic mass is 16.5. The molecule has 2 fully saturated rings. The van der Waals surface area contributed by atoms with Crippen LogP contribution in [0, 0.1) is 24.7 Å². The second kappa shape index (κ2) is 6.11. The Morgan fingerprint density at radius 2 is 1.78 bits per heavy atom. The van der Waals surface area contributed by atoms with Gasteiger partial charge in [-0.25, -0.2) is 4.98 Å². The van der Waals surface area contributed by atoms with E-state index in [1.54, 1.807) is 6.33 Å². The summed E-state index contributed by atoms with van der Waals surface area (Å²) in [6, 6.07) is 6.60. The summed E-state index contributed by atoms with van der Waals surface area (Å²) < 4.78 is 6.05. The molecule has 4 rings (SSSR count). The number of nitrogens with zero attached hydrogens (tertiary/aromatic N) is 3. The Bertz CT molecular complexity index is 858. The molecule has 5 heteroatoms. The lowest BCUT2D eigenvalue weighted by molar-refractivity contribution is 0.136. The number of ether oxygens (including phenoxy) is 1. The SMILES string of the molecule is Cc1cc(C)cc(Oc2ncnc(N3CC4(C)CC3CC(C)(C)C4)c2N)c1. The summed E-state index contributed by atoms with van der Waals surface area (Å²) in [5.41, 5.74) is 10.0. The monoisotopic (exact) mass is 366 g/mol. The molecule has 27 heavy (non-hydrogen) atoms. The van der Waals surface area contributed by atoms with E-state index in [9.17, 15) is 0 Å². The largest absolute Gasteiger partial charge is 0.437 e. The molecule has 1 aliphatic heterocycles. The first-order valence-corrected chi connectivity index (χ1v) is 9.77. The lowest BCUT2D eigenvalue weighted by atomic mass is 9.65. The van der Waals surface area contributed by atoms with Crippen LogP contribution in [-0.4, -0.2) is 22.6 Å². The van der Waals surface area contributed by atoms with Gasteiger partial charge in [0.1, 0.15) is 17.8 Å². The molecule has 2 aromatic rings. The van der Waals surface area contributed by atoms with Gasteiger partial charge in [0, 0.05) is 12.6 Å². The highest BCUT2D eigenvalue weighted by molar-refractivity contribution is 5.69. The van der Waals surface area contributed by atoms with Crippen molar-refractivity contribution in [3.05, 3.63) is 35.7 Å². The van der Waals surface area contributed by atoms with Crippen molar-refractivity contribution in [1.82, 2.24) is 9.97 Å². The number of nitrogens with two attached hydrogens (primary N) is 1. The minimum absolute atomic E-state index is 0.318. The number of anilines is 2. The van der Waals surface area contributed by atoms with Crippen LogP contribution in [0.2, 0.25) is 0 Å². The van der Waals surface area contributed by atoms with Crippen LogP contribution in [-0.2, 0) is 0 Å². The summed E-state index contributed by atoms with van der Waals surface area (Å²) in [6.45, 7) is 12.2. The van der Waals surface area contributed by atoms with Crippen molar-refractivity contribution in [1.29, 1.82) is 0 Å². The number of nitrogen functional groups attached to an aromatic ring is 1. The normalized spacial score (nSPS) is 26.3. The molecule has 1 saturated carbocycles. The van der Waals surface area contributed by atoms with Gasteiger partial charge in [0.2, 0.25) is 5.88 Å². The lowest BCUT2D eigenvalue weighted by Gasteiger charge is -2.39. The number of hydrogen-bond acceptors (Lipinski definition) is 5. The van der Waals surface area contributed by atoms with E-state index < -0.39 is 0 Å². The van der Waals surface area contributed by atoms with Crippen molar-refractivity contribution in [3.8, 4) is 11.6 Å². The lowest BCUT2D eigenvalue weighted by Crippen LogP contribution is -2.35. The highest BCUT2D eigenvalue weighted by Crippen LogP contribution is 2.54. The van der Waals surface area contributed by atoms with Gasteiger partial charge in [-0.2, -0.15) is 4.98 Å². The fourth-order valence-electron chi connectivity index (χ4n) is 5.49. The van der Waals surface area contributed by atoms with E-state index in [-0.39, 0.29) is 0 Å². The highest BCUT2D eigenvalue weighted by Gasteiger charge is 2.50. The third-order valence-electron chi connectivity index (χ3n) is 5.92. The molecule has 1 aliphatic carbocycles. The Labute approximate surface area is 162 Å². The van der Waals surface area contributed by atoms with E-state index in [0.29, 0.717) is 28.4 Å². The molecule has 0 radical (unpaired) electrons. The number of fused-ring (bicyclic) bond motifs is 2. The van der Waals surface area contributed by atoms with Crippen molar-refractivity contribution in [2.45, 2.75) is 59.9 Å². The molecule has 2 bridgehead atoms. The number of benzene rings is 1. The molecule has 1 aromatic heterocycles. The first-order valence-electron chi connectivity index (χ1n) is 9.77. The van der Waals surface area contributed by atoms with Crippen LogP contribution in [0.3, 0.4) is 0 Å². The van der Waals surface area contributed by atoms with Crippen molar-refractivity contribution in [2.75, 3.05) is 17.2 Å². The first kappa shape index (κ1) is 18.1. The van der Waals surface area contributed by atoms with Crippen molar-refractivity contribution in [3.63, 3.8) is 0 Å². The third kappa shape index (κ3) is 3.47. The number of aryl methyl sites for hydroxylation is 2. The molecule has 144 valence electrons. The van der Waals surface area contributed by atoms with Gasteiger partial charge < -0.3 is 15.4 Å². The molecule has 1 saturated heterocycles. The van der Waals surface area contributed by atoms with E-state index >= 15 is 0 Å². The van der Waals surface area contributed by atoms with E-state index in [1.807, 2.05) is 12.1 Å². The van der Waals surface area contributed by atoms with Crippen LogP contribution < -0.4 is 15.4 Å². The average molecular weight is 367 g/mol. The maximum Gasteiger partial charge on any atom is 0.248 e. The minimum atomic E-state index is 0.318. The summed E-state index contributed by atoms with van der Waals surface area (Å²) in [6.07, 6.45) is 5.18. The number of aromatic nitrogens is 2. The molecule has 2 aliphatic rings. The number of hydrogen-bond donors (Lipinski definition) is 1. The van der Waals surface area contributed by atoms with Crippen LogP contribution in [0.4, 0.5) is 11.5 Å². The minimum Gasteiger partial charge on any atom is -0.437 e. The fraction of sp³-hybridized carbons (Fsp3) is 0.545. The van der Waals surface area contributed by atoms with Crippen molar-refractivity contribution < 1.29 is 4.74 Å². The van der Waals surface area contributed by atoms with Crippen molar-refractivity contribution >= 4 is 11.5 Å². The Hall–Kier alpha value is -2.30. The fourth-order valence-corrected chi connectivity index (χ4v) is 5.49. The van der Waals surface area contributed by atoms with Gasteiger partial charge in [0.05, 0.1) is 0 Å². The average Bonchev–Trinajstić information content (AvgIpc) is 2.77. The maximum atomic E-state index is 6.49. The van der Waals surface area contributed by atoms with Gasteiger partial charge in [0.15, 0.2) is 5.82 Å². The van der Waals surface area contributed by atoms with E-state index in [1.165, 1.54) is 19.3 Å². The molecule has 5 nitrogen and oxygen atoms in total. The molecular formula is C22H30N4O. The summed E-state index contributed by atoms with van der Waals surface area (Å²) in [5, 5.41) is 0. The summed E-state index contributed by atoms with van der Waals surface area (Å²) in [7, 11) is 0. The Kier molecular flexibility index (Phi) is 4.09. The zero-order valence-corrected chi connectivity index (χ0v) is 17.0. The van der Waals surface area contributed by atoms with Gasteiger partial charge in [-0.15, -0.1) is 0 Å². The zero-order chi connectivity index (χ0) is 19.4. The molecule has 2 unspecified atom stereocenters. The standard InChI is InChI=1S/C22H30N4O/c1-14-6-15(2)8-17(7-14)27-20-18(23)19(24-13-25-20)26-12-22(5)10-16(26)9-21(3,4)11-22/h6-8,13,16H,9-12,23H2,1-5H3. The second-order valence-corrected chi connectivity index (χ2v) is 9.68. The molecule has 0 amide bonds. The van der Waals surface area contributed by atoms with Crippen LogP contribution >= 0.6 is 0 Å². The Morgan fingerprint density at radius 3 is 2.48 bits per heavy atom. The summed E-state index contributed by atoms with van der Waals surface area (Å²) in [5.74, 6) is 2.02. The number of rotatable bonds is 3. The molecule has 2 atom stereocenters. The predicted molar refractivity (Wildman–Crippen MR) is 109 cm³/mol. The van der Waals surface area contributed by atoms with Gasteiger partial charge in [-0.3, -0.25) is 0 Å². The van der Waals surface area contributed by atoms with E-state index in [2.05, 4.69) is 55.6 Å². The predicted octanol–water partition coefficient (Wildman–Crippen LogP) is 4.87. The molecule has 1 aromatic carbocycles. The van der Waals surface area contributed by atoms with E-state index in [0.717, 1.165) is 29.2 Å². The van der Waals surface area contributed by atoms with E-state index in [4.69, 9.17) is 10.5 Å². The molecule has 2 heterocycles. The topological polar surface area (TPSA) is 64.3 Å². The third-order valence-corrected chi connectivity index (χ3v) is 5.92. The summed E-state index contributed by atoms with van der Waals surface area (Å²) in [4.78, 5) is 11.2. The van der Waals surface area contributed by atoms with Crippen LogP contribution in [0.15, 0.2) is 24.5 Å². The first-order chi connectivity index (χ1) is 12.6. The smallest absolute Gasteiger partial charge is 0.248 e. The maximum absolute atomic E-state index is 6.49. The molecule has 0 spiro atoms. The second-order valence-electron chi connectivity index (χ2n) is 9.68. The zero-order valence-electron chi connectivity index (χ0n) is 17.0.